The lowest BCUT2D eigenvalue weighted by atomic mass is 10.2. The molecule has 16 heavy (non-hydrogen) atoms. The maximum atomic E-state index is 11.0. The summed E-state index contributed by atoms with van der Waals surface area (Å²) in [4.78, 5) is 15.2. The fourth-order valence-corrected chi connectivity index (χ4v) is 1.44. The van der Waals surface area contributed by atoms with Crippen LogP contribution in [0.5, 0.6) is 5.75 Å². The van der Waals surface area contributed by atoms with E-state index in [1.165, 1.54) is 12.3 Å². The molecule has 4 nitrogen and oxygen atoms in total. The number of rotatable bonds is 3. The van der Waals surface area contributed by atoms with Gasteiger partial charge in [-0.1, -0.05) is 6.07 Å². The van der Waals surface area contributed by atoms with Crippen molar-refractivity contribution < 1.29 is 5.11 Å². The summed E-state index contributed by atoms with van der Waals surface area (Å²) in [5.74, 6) is -0.219. The van der Waals surface area contributed by atoms with Crippen LogP contribution in [0.3, 0.4) is 0 Å². The third kappa shape index (κ3) is 2.48. The van der Waals surface area contributed by atoms with Crippen molar-refractivity contribution in [3.63, 3.8) is 0 Å². The Labute approximate surface area is 92.8 Å². The van der Waals surface area contributed by atoms with E-state index in [1.807, 2.05) is 18.2 Å². The third-order valence-electron chi connectivity index (χ3n) is 2.31. The van der Waals surface area contributed by atoms with E-state index in [0.29, 0.717) is 6.54 Å². The van der Waals surface area contributed by atoms with Crippen LogP contribution < -0.4 is 5.43 Å². The van der Waals surface area contributed by atoms with E-state index < -0.39 is 0 Å². The first-order chi connectivity index (χ1) is 7.75. The first-order valence-electron chi connectivity index (χ1n) is 5.05. The predicted molar refractivity (Wildman–Crippen MR) is 60.3 cm³/mol. The van der Waals surface area contributed by atoms with Crippen molar-refractivity contribution in [3.05, 3.63) is 58.8 Å². The molecule has 0 aliphatic heterocycles. The zero-order chi connectivity index (χ0) is 11.4. The van der Waals surface area contributed by atoms with Crippen LogP contribution >= 0.6 is 0 Å². The average molecular weight is 216 g/mol. The highest BCUT2D eigenvalue weighted by Crippen LogP contribution is 2.01. The lowest BCUT2D eigenvalue weighted by Gasteiger charge is -2.05. The molecule has 0 saturated heterocycles. The van der Waals surface area contributed by atoms with E-state index in [1.54, 1.807) is 17.0 Å². The highest BCUT2D eigenvalue weighted by molar-refractivity contribution is 5.15. The molecule has 1 N–H and O–H groups in total. The molecule has 0 aliphatic rings. The highest BCUT2D eigenvalue weighted by atomic mass is 16.3. The standard InChI is InChI=1S/C12H12N2O2/c15-11-5-8-14(9-12(11)16)7-4-10-3-1-2-6-13-10/h1-3,5-6,8-9,16H,4,7H2. The van der Waals surface area contributed by atoms with Crippen molar-refractivity contribution >= 4 is 0 Å². The monoisotopic (exact) mass is 216 g/mol. The van der Waals surface area contributed by atoms with Crippen LogP contribution in [0.2, 0.25) is 0 Å². The summed E-state index contributed by atoms with van der Waals surface area (Å²) in [6, 6.07) is 7.11. The molecule has 2 aromatic heterocycles. The number of hydrogen-bond donors (Lipinski definition) is 1. The summed E-state index contributed by atoms with van der Waals surface area (Å²) < 4.78 is 1.77. The predicted octanol–water partition coefficient (Wildman–Crippen LogP) is 1.19. The molecule has 0 spiro atoms. The SMILES string of the molecule is O=c1ccn(CCc2ccccn2)cc1O. The van der Waals surface area contributed by atoms with E-state index >= 15 is 0 Å². The molecular formula is C12H12N2O2. The van der Waals surface area contributed by atoms with Gasteiger partial charge in [0.1, 0.15) is 0 Å². The first kappa shape index (κ1) is 10.4. The summed E-state index contributed by atoms with van der Waals surface area (Å²) in [6.07, 6.45) is 5.61. The van der Waals surface area contributed by atoms with Crippen molar-refractivity contribution in [2.24, 2.45) is 0 Å². The number of hydrogen-bond acceptors (Lipinski definition) is 3. The van der Waals surface area contributed by atoms with Crippen LogP contribution in [-0.4, -0.2) is 14.7 Å². The van der Waals surface area contributed by atoms with Gasteiger partial charge in [-0.05, 0) is 12.1 Å². The summed E-state index contributed by atoms with van der Waals surface area (Å²) in [7, 11) is 0. The Bertz CT molecular complexity index is 520. The number of aryl methyl sites for hydroxylation is 2. The number of pyridine rings is 2. The average Bonchev–Trinajstić information content (AvgIpc) is 2.32. The van der Waals surface area contributed by atoms with Gasteiger partial charge in [0.05, 0.1) is 0 Å². The lowest BCUT2D eigenvalue weighted by molar-refractivity contribution is 0.460. The molecule has 2 aromatic rings. The molecule has 0 atom stereocenters. The van der Waals surface area contributed by atoms with Gasteiger partial charge in [-0.2, -0.15) is 0 Å². The van der Waals surface area contributed by atoms with E-state index in [4.69, 9.17) is 0 Å². The Morgan fingerprint density at radius 3 is 2.88 bits per heavy atom. The third-order valence-corrected chi connectivity index (χ3v) is 2.31. The molecule has 2 rings (SSSR count). The van der Waals surface area contributed by atoms with Gasteiger partial charge in [0.25, 0.3) is 0 Å². The second-order valence-electron chi connectivity index (χ2n) is 3.50. The molecule has 2 heterocycles. The molecule has 0 amide bonds. The molecule has 4 heteroatoms. The van der Waals surface area contributed by atoms with Crippen LogP contribution in [0, 0.1) is 0 Å². The molecule has 0 saturated carbocycles. The van der Waals surface area contributed by atoms with Gasteiger partial charge in [-0.25, -0.2) is 0 Å². The van der Waals surface area contributed by atoms with Crippen molar-refractivity contribution in [3.8, 4) is 5.75 Å². The molecule has 82 valence electrons. The second kappa shape index (κ2) is 4.61. The summed E-state index contributed by atoms with van der Waals surface area (Å²) in [6.45, 7) is 0.685. The van der Waals surface area contributed by atoms with Crippen LogP contribution in [0.15, 0.2) is 47.7 Å². The van der Waals surface area contributed by atoms with Crippen LogP contribution in [-0.2, 0) is 13.0 Å². The zero-order valence-corrected chi connectivity index (χ0v) is 8.71. The molecule has 0 radical (unpaired) electrons. The minimum absolute atomic E-state index is 0.219. The van der Waals surface area contributed by atoms with E-state index in [0.717, 1.165) is 12.1 Å². The van der Waals surface area contributed by atoms with Crippen LogP contribution in [0.4, 0.5) is 0 Å². The van der Waals surface area contributed by atoms with Gasteiger partial charge < -0.3 is 9.67 Å². The Morgan fingerprint density at radius 1 is 1.31 bits per heavy atom. The van der Waals surface area contributed by atoms with Gasteiger partial charge >= 0.3 is 0 Å². The Kier molecular flexibility index (Phi) is 3.00. The van der Waals surface area contributed by atoms with E-state index in [-0.39, 0.29) is 11.2 Å². The summed E-state index contributed by atoms with van der Waals surface area (Å²) in [5, 5.41) is 9.25. The van der Waals surface area contributed by atoms with Gasteiger partial charge in [-0.15, -0.1) is 0 Å². The fourth-order valence-electron chi connectivity index (χ4n) is 1.44. The van der Waals surface area contributed by atoms with Crippen LogP contribution in [0.25, 0.3) is 0 Å². The number of aromatic nitrogens is 2. The molecule has 0 aromatic carbocycles. The topological polar surface area (TPSA) is 55.1 Å². The van der Waals surface area contributed by atoms with E-state index in [2.05, 4.69) is 4.98 Å². The highest BCUT2D eigenvalue weighted by Gasteiger charge is 1.98. The maximum Gasteiger partial charge on any atom is 0.223 e. The maximum absolute atomic E-state index is 11.0. The summed E-state index contributed by atoms with van der Waals surface area (Å²) in [5.41, 5.74) is 0.634. The van der Waals surface area contributed by atoms with Crippen molar-refractivity contribution in [1.29, 1.82) is 0 Å². The first-order valence-corrected chi connectivity index (χ1v) is 5.05. The Morgan fingerprint density at radius 2 is 2.19 bits per heavy atom. The van der Waals surface area contributed by atoms with Crippen molar-refractivity contribution in [1.82, 2.24) is 9.55 Å². The quantitative estimate of drug-likeness (QED) is 0.838. The van der Waals surface area contributed by atoms with Gasteiger partial charge in [0.2, 0.25) is 5.43 Å². The lowest BCUT2D eigenvalue weighted by Crippen LogP contribution is -2.07. The largest absolute Gasteiger partial charge is 0.503 e. The van der Waals surface area contributed by atoms with Gasteiger partial charge in [0.15, 0.2) is 5.75 Å². The molecule has 0 aliphatic carbocycles. The Balaban J connectivity index is 2.05. The minimum atomic E-state index is -0.353. The Hall–Kier alpha value is -2.10. The van der Waals surface area contributed by atoms with Crippen molar-refractivity contribution in [2.45, 2.75) is 13.0 Å². The fraction of sp³-hybridized carbons (Fsp3) is 0.167. The minimum Gasteiger partial charge on any atom is -0.503 e. The second-order valence-corrected chi connectivity index (χ2v) is 3.50. The smallest absolute Gasteiger partial charge is 0.223 e. The molecule has 0 unspecified atom stereocenters. The van der Waals surface area contributed by atoms with Crippen molar-refractivity contribution in [2.75, 3.05) is 0 Å². The summed E-state index contributed by atoms with van der Waals surface area (Å²) >= 11 is 0. The van der Waals surface area contributed by atoms with E-state index in [9.17, 15) is 9.90 Å². The molecule has 0 fully saturated rings. The molecular weight excluding hydrogens is 204 g/mol. The van der Waals surface area contributed by atoms with Gasteiger partial charge in [0, 0.05) is 43.3 Å². The number of aromatic hydroxyl groups is 1. The van der Waals surface area contributed by atoms with Gasteiger partial charge in [-0.3, -0.25) is 9.78 Å². The molecule has 0 bridgehead atoms. The normalized spacial score (nSPS) is 10.2. The zero-order valence-electron chi connectivity index (χ0n) is 8.71. The van der Waals surface area contributed by atoms with Crippen LogP contribution in [0.1, 0.15) is 5.69 Å². The number of nitrogens with zero attached hydrogens (tertiary/aromatic N) is 2.